The van der Waals surface area contributed by atoms with Gasteiger partial charge in [0.2, 0.25) is 0 Å². The van der Waals surface area contributed by atoms with Crippen LogP contribution in [0.1, 0.15) is 25.3 Å². The van der Waals surface area contributed by atoms with E-state index in [4.69, 9.17) is 11.1 Å². The molecular weight excluding hydrogens is 198 g/mol. The number of nitrogens with one attached hydrogen (secondary N) is 1. The molecule has 2 rings (SSSR count). The normalized spacial score (nSPS) is 17.4. The predicted octanol–water partition coefficient (Wildman–Crippen LogP) is 2.21. The maximum atomic E-state index is 7.34. The Morgan fingerprint density at radius 1 is 1.25 bits per heavy atom. The molecule has 0 aliphatic carbocycles. The summed E-state index contributed by atoms with van der Waals surface area (Å²) < 4.78 is 0. The number of hydrogen-bond acceptors (Lipinski definition) is 2. The van der Waals surface area contributed by atoms with Gasteiger partial charge in [-0.1, -0.05) is 6.92 Å². The van der Waals surface area contributed by atoms with Crippen molar-refractivity contribution in [3.63, 3.8) is 0 Å². The van der Waals surface area contributed by atoms with Gasteiger partial charge in [0.25, 0.3) is 0 Å². The van der Waals surface area contributed by atoms with Gasteiger partial charge in [0.1, 0.15) is 5.84 Å². The Hall–Kier alpha value is -1.51. The summed E-state index contributed by atoms with van der Waals surface area (Å²) in [6, 6.07) is 7.98. The van der Waals surface area contributed by atoms with Crippen LogP contribution in [0.15, 0.2) is 24.3 Å². The van der Waals surface area contributed by atoms with Crippen molar-refractivity contribution in [1.82, 2.24) is 0 Å². The van der Waals surface area contributed by atoms with Crippen LogP contribution in [0.25, 0.3) is 0 Å². The van der Waals surface area contributed by atoms with E-state index in [1.165, 1.54) is 18.5 Å². The molecule has 0 radical (unpaired) electrons. The van der Waals surface area contributed by atoms with E-state index in [1.807, 2.05) is 12.1 Å². The summed E-state index contributed by atoms with van der Waals surface area (Å²) in [4.78, 5) is 2.41. The van der Waals surface area contributed by atoms with Gasteiger partial charge in [-0.25, -0.2) is 0 Å². The zero-order valence-corrected chi connectivity index (χ0v) is 9.74. The fourth-order valence-electron chi connectivity index (χ4n) is 2.12. The third kappa shape index (κ3) is 2.35. The number of benzene rings is 1. The summed E-state index contributed by atoms with van der Waals surface area (Å²) in [5, 5.41) is 7.34. The van der Waals surface area contributed by atoms with Crippen molar-refractivity contribution in [3.05, 3.63) is 29.8 Å². The highest BCUT2D eigenvalue weighted by Gasteiger charge is 2.15. The molecule has 0 amide bonds. The monoisotopic (exact) mass is 217 g/mol. The first-order valence-corrected chi connectivity index (χ1v) is 5.86. The predicted molar refractivity (Wildman–Crippen MR) is 68.1 cm³/mol. The van der Waals surface area contributed by atoms with Gasteiger partial charge in [-0.2, -0.15) is 0 Å². The van der Waals surface area contributed by atoms with E-state index in [1.54, 1.807) is 0 Å². The van der Waals surface area contributed by atoms with Crippen molar-refractivity contribution in [3.8, 4) is 0 Å². The molecule has 1 fully saturated rings. The van der Waals surface area contributed by atoms with Gasteiger partial charge < -0.3 is 10.6 Å². The van der Waals surface area contributed by atoms with Crippen molar-refractivity contribution in [2.24, 2.45) is 11.7 Å². The maximum Gasteiger partial charge on any atom is 0.122 e. The van der Waals surface area contributed by atoms with Crippen LogP contribution in [-0.2, 0) is 0 Å². The van der Waals surface area contributed by atoms with E-state index >= 15 is 0 Å². The number of piperidine rings is 1. The minimum Gasteiger partial charge on any atom is -0.384 e. The highest BCUT2D eigenvalue weighted by molar-refractivity contribution is 5.95. The Kier molecular flexibility index (Phi) is 3.13. The van der Waals surface area contributed by atoms with Crippen LogP contribution in [0.2, 0.25) is 0 Å². The highest BCUT2D eigenvalue weighted by Crippen LogP contribution is 2.22. The average Bonchev–Trinajstić information content (AvgIpc) is 2.30. The Morgan fingerprint density at radius 2 is 1.81 bits per heavy atom. The maximum absolute atomic E-state index is 7.34. The van der Waals surface area contributed by atoms with Gasteiger partial charge >= 0.3 is 0 Å². The number of nitrogens with zero attached hydrogens (tertiary/aromatic N) is 1. The lowest BCUT2D eigenvalue weighted by Gasteiger charge is -2.32. The largest absolute Gasteiger partial charge is 0.384 e. The summed E-state index contributed by atoms with van der Waals surface area (Å²) in [7, 11) is 0. The number of hydrogen-bond donors (Lipinski definition) is 2. The lowest BCUT2D eigenvalue weighted by molar-refractivity contribution is 0.438. The van der Waals surface area contributed by atoms with Crippen LogP contribution < -0.4 is 10.6 Å². The van der Waals surface area contributed by atoms with Crippen molar-refractivity contribution < 1.29 is 0 Å². The van der Waals surface area contributed by atoms with Crippen LogP contribution in [0, 0.1) is 11.3 Å². The van der Waals surface area contributed by atoms with Crippen molar-refractivity contribution in [1.29, 1.82) is 5.41 Å². The van der Waals surface area contributed by atoms with Crippen molar-refractivity contribution in [2.45, 2.75) is 19.8 Å². The lowest BCUT2D eigenvalue weighted by atomic mass is 9.98. The quantitative estimate of drug-likeness (QED) is 0.589. The molecule has 16 heavy (non-hydrogen) atoms. The Balaban J connectivity index is 2.07. The molecule has 3 heteroatoms. The van der Waals surface area contributed by atoms with Gasteiger partial charge in [0.05, 0.1) is 0 Å². The van der Waals surface area contributed by atoms with E-state index in [-0.39, 0.29) is 5.84 Å². The molecule has 1 aliphatic rings. The number of rotatable bonds is 2. The Labute approximate surface area is 96.8 Å². The Bertz CT molecular complexity index is 361. The molecule has 3 nitrogen and oxygen atoms in total. The van der Waals surface area contributed by atoms with E-state index in [9.17, 15) is 0 Å². The van der Waals surface area contributed by atoms with Crippen LogP contribution >= 0.6 is 0 Å². The summed E-state index contributed by atoms with van der Waals surface area (Å²) in [6.45, 7) is 4.59. The average molecular weight is 217 g/mol. The van der Waals surface area contributed by atoms with Gasteiger partial charge in [0.15, 0.2) is 0 Å². The van der Waals surface area contributed by atoms with Gasteiger partial charge in [-0.3, -0.25) is 5.41 Å². The van der Waals surface area contributed by atoms with E-state index < -0.39 is 0 Å². The van der Waals surface area contributed by atoms with Crippen LogP contribution in [-0.4, -0.2) is 18.9 Å². The molecule has 1 heterocycles. The summed E-state index contributed by atoms with van der Waals surface area (Å²) in [6.07, 6.45) is 2.54. The molecule has 0 spiro atoms. The standard InChI is InChI=1S/C13H19N3/c1-10-6-8-16(9-7-10)12-4-2-11(3-5-12)13(14)15/h2-5,10H,6-9H2,1H3,(H3,14,15). The molecule has 0 aromatic heterocycles. The molecule has 86 valence electrons. The topological polar surface area (TPSA) is 53.1 Å². The number of nitrogen functional groups attached to an aromatic ring is 1. The molecule has 0 saturated carbocycles. The van der Waals surface area contributed by atoms with Crippen LogP contribution in [0.3, 0.4) is 0 Å². The third-order valence-corrected chi connectivity index (χ3v) is 3.33. The second kappa shape index (κ2) is 4.56. The minimum atomic E-state index is 0.138. The second-order valence-electron chi connectivity index (χ2n) is 4.63. The summed E-state index contributed by atoms with van der Waals surface area (Å²) in [5.41, 5.74) is 7.48. The number of anilines is 1. The van der Waals surface area contributed by atoms with Crippen molar-refractivity contribution in [2.75, 3.05) is 18.0 Å². The van der Waals surface area contributed by atoms with Gasteiger partial charge in [0, 0.05) is 24.3 Å². The fourth-order valence-corrected chi connectivity index (χ4v) is 2.12. The third-order valence-electron chi connectivity index (χ3n) is 3.33. The van der Waals surface area contributed by atoms with E-state index in [2.05, 4.69) is 24.0 Å². The van der Waals surface area contributed by atoms with E-state index in [0.29, 0.717) is 0 Å². The smallest absolute Gasteiger partial charge is 0.122 e. The molecule has 3 N–H and O–H groups in total. The van der Waals surface area contributed by atoms with Crippen molar-refractivity contribution >= 4 is 11.5 Å². The second-order valence-corrected chi connectivity index (χ2v) is 4.63. The molecule has 0 atom stereocenters. The van der Waals surface area contributed by atoms with E-state index in [0.717, 1.165) is 24.6 Å². The summed E-state index contributed by atoms with van der Waals surface area (Å²) >= 11 is 0. The molecule has 1 aliphatic heterocycles. The molecule has 1 aromatic rings. The first-order chi connectivity index (χ1) is 7.66. The summed E-state index contributed by atoms with van der Waals surface area (Å²) in [5.74, 6) is 0.992. The van der Waals surface area contributed by atoms with Crippen LogP contribution in [0.5, 0.6) is 0 Å². The molecule has 1 saturated heterocycles. The fraction of sp³-hybridized carbons (Fsp3) is 0.462. The Morgan fingerprint density at radius 3 is 2.31 bits per heavy atom. The first-order valence-electron chi connectivity index (χ1n) is 5.86. The molecular formula is C13H19N3. The zero-order valence-electron chi connectivity index (χ0n) is 9.74. The molecule has 0 bridgehead atoms. The van der Waals surface area contributed by atoms with Gasteiger partial charge in [-0.05, 0) is 43.0 Å². The SMILES string of the molecule is CC1CCN(c2ccc(C(=N)N)cc2)CC1. The van der Waals surface area contributed by atoms with Crippen LogP contribution in [0.4, 0.5) is 5.69 Å². The molecule has 0 unspecified atom stereocenters. The van der Waals surface area contributed by atoms with Gasteiger partial charge in [-0.15, -0.1) is 0 Å². The zero-order chi connectivity index (χ0) is 11.5. The number of amidine groups is 1. The lowest BCUT2D eigenvalue weighted by Crippen LogP contribution is -2.32. The first kappa shape index (κ1) is 11.0. The molecule has 1 aromatic carbocycles. The minimum absolute atomic E-state index is 0.138. The number of nitrogens with two attached hydrogens (primary N) is 1. The highest BCUT2D eigenvalue weighted by atomic mass is 15.1.